The highest BCUT2D eigenvalue weighted by Gasteiger charge is 2.37. The van der Waals surface area contributed by atoms with E-state index < -0.39 is 6.04 Å². The average molecular weight is 322 g/mol. The van der Waals surface area contributed by atoms with E-state index >= 15 is 0 Å². The van der Waals surface area contributed by atoms with Crippen molar-refractivity contribution in [1.29, 1.82) is 0 Å². The van der Waals surface area contributed by atoms with Crippen LogP contribution in [-0.4, -0.2) is 22.8 Å². The molecule has 1 unspecified atom stereocenters. The Morgan fingerprint density at radius 2 is 1.79 bits per heavy atom. The van der Waals surface area contributed by atoms with Crippen molar-refractivity contribution < 1.29 is 9.59 Å². The maximum absolute atomic E-state index is 12.9. The molecule has 1 N–H and O–H groups in total. The highest BCUT2D eigenvalue weighted by atomic mass is 16.2. The third kappa shape index (κ3) is 3.04. The monoisotopic (exact) mass is 322 g/mol. The molecule has 2 atom stereocenters. The zero-order valence-corrected chi connectivity index (χ0v) is 14.0. The minimum Gasteiger partial charge on any atom is -0.352 e. The van der Waals surface area contributed by atoms with Gasteiger partial charge < -0.3 is 10.2 Å². The Balaban J connectivity index is 1.94. The molecular weight excluding hydrogens is 300 g/mol. The summed E-state index contributed by atoms with van der Waals surface area (Å²) in [7, 11) is 0. The van der Waals surface area contributed by atoms with Gasteiger partial charge in [0, 0.05) is 18.2 Å². The molecule has 0 fully saturated rings. The number of rotatable bonds is 5. The van der Waals surface area contributed by atoms with Crippen LogP contribution in [-0.2, 0) is 11.3 Å². The van der Waals surface area contributed by atoms with E-state index in [4.69, 9.17) is 0 Å². The number of fused-ring (bicyclic) bond motifs is 1. The Kier molecular flexibility index (Phi) is 4.65. The maximum Gasteiger partial charge on any atom is 0.255 e. The second-order valence-corrected chi connectivity index (χ2v) is 6.22. The molecule has 24 heavy (non-hydrogen) atoms. The Morgan fingerprint density at radius 1 is 1.12 bits per heavy atom. The molecule has 1 heterocycles. The van der Waals surface area contributed by atoms with Crippen LogP contribution in [0.2, 0.25) is 0 Å². The van der Waals surface area contributed by atoms with Crippen LogP contribution >= 0.6 is 0 Å². The molecule has 0 spiro atoms. The highest BCUT2D eigenvalue weighted by Crippen LogP contribution is 2.31. The number of nitrogens with zero attached hydrogens (tertiary/aromatic N) is 1. The maximum atomic E-state index is 12.9. The van der Waals surface area contributed by atoms with Gasteiger partial charge in [-0.25, -0.2) is 0 Å². The summed E-state index contributed by atoms with van der Waals surface area (Å²) in [5, 5.41) is 3.02. The number of carbonyl (C=O) groups excluding carboxylic acids is 2. The molecule has 1 aliphatic heterocycles. The third-order valence-corrected chi connectivity index (χ3v) is 4.53. The van der Waals surface area contributed by atoms with E-state index in [-0.39, 0.29) is 17.9 Å². The SMILES string of the molecule is CCC(C)NC(=O)[C@@H](c1ccccc1)N1Cc2ccccc2C1=O. The van der Waals surface area contributed by atoms with Gasteiger partial charge in [-0.3, -0.25) is 9.59 Å². The lowest BCUT2D eigenvalue weighted by atomic mass is 10.0. The summed E-state index contributed by atoms with van der Waals surface area (Å²) in [6.45, 7) is 4.46. The van der Waals surface area contributed by atoms with Crippen molar-refractivity contribution in [2.45, 2.75) is 38.9 Å². The van der Waals surface area contributed by atoms with E-state index in [0.717, 1.165) is 17.5 Å². The molecule has 4 heteroatoms. The van der Waals surface area contributed by atoms with Crippen LogP contribution in [0.3, 0.4) is 0 Å². The van der Waals surface area contributed by atoms with Gasteiger partial charge in [0.15, 0.2) is 0 Å². The molecular formula is C20H22N2O2. The predicted molar refractivity (Wildman–Crippen MR) is 93.4 cm³/mol. The van der Waals surface area contributed by atoms with Crippen molar-refractivity contribution in [3.05, 3.63) is 71.3 Å². The van der Waals surface area contributed by atoms with Crippen molar-refractivity contribution >= 4 is 11.8 Å². The minimum atomic E-state index is -0.611. The van der Waals surface area contributed by atoms with Crippen LogP contribution in [0.1, 0.15) is 47.8 Å². The van der Waals surface area contributed by atoms with E-state index in [1.165, 1.54) is 0 Å². The Labute approximate surface area is 142 Å². The van der Waals surface area contributed by atoms with Crippen LogP contribution in [0.4, 0.5) is 0 Å². The smallest absolute Gasteiger partial charge is 0.255 e. The molecule has 2 aromatic rings. The van der Waals surface area contributed by atoms with E-state index in [9.17, 15) is 9.59 Å². The van der Waals surface area contributed by atoms with Crippen LogP contribution < -0.4 is 5.32 Å². The fourth-order valence-electron chi connectivity index (χ4n) is 3.02. The normalized spacial score (nSPS) is 15.8. The van der Waals surface area contributed by atoms with Crippen molar-refractivity contribution in [1.82, 2.24) is 10.2 Å². The number of carbonyl (C=O) groups is 2. The Morgan fingerprint density at radius 3 is 2.46 bits per heavy atom. The number of amides is 2. The molecule has 2 aromatic carbocycles. The van der Waals surface area contributed by atoms with Gasteiger partial charge in [-0.15, -0.1) is 0 Å². The summed E-state index contributed by atoms with van der Waals surface area (Å²) in [6.07, 6.45) is 0.849. The number of benzene rings is 2. The molecule has 0 bridgehead atoms. The number of hydrogen-bond acceptors (Lipinski definition) is 2. The first-order chi connectivity index (χ1) is 11.6. The third-order valence-electron chi connectivity index (χ3n) is 4.53. The minimum absolute atomic E-state index is 0.0730. The number of hydrogen-bond donors (Lipinski definition) is 1. The second-order valence-electron chi connectivity index (χ2n) is 6.22. The van der Waals surface area contributed by atoms with Crippen LogP contribution in [0, 0.1) is 0 Å². The molecule has 0 saturated heterocycles. The predicted octanol–water partition coefficient (Wildman–Crippen LogP) is 3.30. The van der Waals surface area contributed by atoms with E-state index in [2.05, 4.69) is 5.32 Å². The van der Waals surface area contributed by atoms with Crippen LogP contribution in [0.15, 0.2) is 54.6 Å². The Hall–Kier alpha value is -2.62. The fraction of sp³-hybridized carbons (Fsp3) is 0.300. The van der Waals surface area contributed by atoms with Crippen molar-refractivity contribution in [2.75, 3.05) is 0 Å². The van der Waals surface area contributed by atoms with E-state index in [0.29, 0.717) is 12.1 Å². The van der Waals surface area contributed by atoms with Gasteiger partial charge in [-0.2, -0.15) is 0 Å². The summed E-state index contributed by atoms with van der Waals surface area (Å²) in [4.78, 5) is 27.4. The first-order valence-corrected chi connectivity index (χ1v) is 8.36. The zero-order chi connectivity index (χ0) is 17.1. The molecule has 0 radical (unpaired) electrons. The summed E-state index contributed by atoms with van der Waals surface area (Å²) in [6, 6.07) is 16.5. The quantitative estimate of drug-likeness (QED) is 0.918. The largest absolute Gasteiger partial charge is 0.352 e. The lowest BCUT2D eigenvalue weighted by Crippen LogP contribution is -2.43. The van der Waals surface area contributed by atoms with Crippen LogP contribution in [0.5, 0.6) is 0 Å². The van der Waals surface area contributed by atoms with Crippen molar-refractivity contribution in [3.63, 3.8) is 0 Å². The molecule has 124 valence electrons. The van der Waals surface area contributed by atoms with Crippen LogP contribution in [0.25, 0.3) is 0 Å². The lowest BCUT2D eigenvalue weighted by Gasteiger charge is -2.28. The molecule has 0 aromatic heterocycles. The van der Waals surface area contributed by atoms with Gasteiger partial charge in [0.05, 0.1) is 0 Å². The van der Waals surface area contributed by atoms with E-state index in [1.807, 2.05) is 68.4 Å². The van der Waals surface area contributed by atoms with Gasteiger partial charge in [0.1, 0.15) is 6.04 Å². The number of nitrogens with one attached hydrogen (secondary N) is 1. The molecule has 0 aliphatic carbocycles. The summed E-state index contributed by atoms with van der Waals surface area (Å²) < 4.78 is 0. The lowest BCUT2D eigenvalue weighted by molar-refractivity contribution is -0.126. The van der Waals surface area contributed by atoms with Crippen molar-refractivity contribution in [2.24, 2.45) is 0 Å². The molecule has 2 amide bonds. The standard InChI is InChI=1S/C20H22N2O2/c1-3-14(2)21-19(23)18(15-9-5-4-6-10-15)22-13-16-11-7-8-12-17(16)20(22)24/h4-12,14,18H,3,13H2,1-2H3,(H,21,23)/t14?,18-/m1/s1. The van der Waals surface area contributed by atoms with Gasteiger partial charge >= 0.3 is 0 Å². The van der Waals surface area contributed by atoms with Gasteiger partial charge in [0.2, 0.25) is 5.91 Å². The Bertz CT molecular complexity index is 742. The summed E-state index contributed by atoms with van der Waals surface area (Å²) >= 11 is 0. The van der Waals surface area contributed by atoms with Gasteiger partial charge in [0.25, 0.3) is 5.91 Å². The summed E-state index contributed by atoms with van der Waals surface area (Å²) in [5.41, 5.74) is 2.49. The first-order valence-electron chi connectivity index (χ1n) is 8.36. The van der Waals surface area contributed by atoms with E-state index in [1.54, 1.807) is 4.90 Å². The second kappa shape index (κ2) is 6.87. The fourth-order valence-corrected chi connectivity index (χ4v) is 3.02. The van der Waals surface area contributed by atoms with Crippen molar-refractivity contribution in [3.8, 4) is 0 Å². The summed E-state index contributed by atoms with van der Waals surface area (Å²) in [5.74, 6) is -0.213. The zero-order valence-electron chi connectivity index (χ0n) is 14.0. The average Bonchev–Trinajstić information content (AvgIpc) is 2.93. The molecule has 4 nitrogen and oxygen atoms in total. The highest BCUT2D eigenvalue weighted by molar-refractivity contribution is 6.01. The molecule has 0 saturated carbocycles. The van der Waals surface area contributed by atoms with Gasteiger partial charge in [-0.05, 0) is 30.5 Å². The molecule has 1 aliphatic rings. The van der Waals surface area contributed by atoms with Gasteiger partial charge in [-0.1, -0.05) is 55.5 Å². The molecule has 3 rings (SSSR count). The first kappa shape index (κ1) is 16.2. The topological polar surface area (TPSA) is 49.4 Å².